The van der Waals surface area contributed by atoms with Crippen LogP contribution in [-0.4, -0.2) is 38.2 Å². The van der Waals surface area contributed by atoms with Gasteiger partial charge in [-0.2, -0.15) is 0 Å². The summed E-state index contributed by atoms with van der Waals surface area (Å²) in [7, 11) is 1.45. The molecule has 0 bridgehead atoms. The number of carbonyl (C=O) groups excluding carboxylic acids is 2. The molecule has 0 aliphatic rings. The third kappa shape index (κ3) is 4.04. The topological polar surface area (TPSA) is 55.8 Å². The Balaban J connectivity index is 3.25. The summed E-state index contributed by atoms with van der Waals surface area (Å²) in [6.07, 6.45) is 0. The fraction of sp³-hybridized carbons (Fsp3) is 0.500. The standard InChI is InChI=1S/C16H23NO4/c1-6-21-16(19)13(4)17(14(18)10-20-5)15-11(2)8-7-9-12(15)3/h7-9,13H,6,10H2,1-5H3/t13-/m0/s1. The minimum atomic E-state index is -0.701. The van der Waals surface area contributed by atoms with Crippen LogP contribution in [0.15, 0.2) is 18.2 Å². The SMILES string of the molecule is CCOC(=O)[C@H](C)N(C(=O)COC)c1c(C)cccc1C. The van der Waals surface area contributed by atoms with Crippen molar-refractivity contribution in [1.29, 1.82) is 0 Å². The maximum atomic E-state index is 12.4. The van der Waals surface area contributed by atoms with Gasteiger partial charge in [0.05, 0.1) is 12.3 Å². The molecule has 0 saturated heterocycles. The van der Waals surface area contributed by atoms with Gasteiger partial charge in [0.15, 0.2) is 0 Å². The van der Waals surface area contributed by atoms with E-state index in [0.29, 0.717) is 0 Å². The first kappa shape index (κ1) is 17.2. The molecule has 0 aliphatic carbocycles. The second-order valence-electron chi connectivity index (χ2n) is 4.87. The lowest BCUT2D eigenvalue weighted by atomic mass is 10.1. The minimum Gasteiger partial charge on any atom is -0.464 e. The number of hydrogen-bond donors (Lipinski definition) is 0. The molecule has 0 N–H and O–H groups in total. The molecule has 5 nitrogen and oxygen atoms in total. The fourth-order valence-electron chi connectivity index (χ4n) is 2.28. The predicted octanol–water partition coefficient (Wildman–Crippen LogP) is 2.23. The number of carbonyl (C=O) groups is 2. The lowest BCUT2D eigenvalue weighted by Gasteiger charge is -2.30. The van der Waals surface area contributed by atoms with E-state index in [-0.39, 0.29) is 19.1 Å². The van der Waals surface area contributed by atoms with Crippen molar-refractivity contribution < 1.29 is 19.1 Å². The van der Waals surface area contributed by atoms with Crippen molar-refractivity contribution in [3.05, 3.63) is 29.3 Å². The highest BCUT2D eigenvalue weighted by Gasteiger charge is 2.30. The van der Waals surface area contributed by atoms with Crippen LogP contribution in [0.2, 0.25) is 0 Å². The Hall–Kier alpha value is -1.88. The number of esters is 1. The van der Waals surface area contributed by atoms with Crippen LogP contribution in [0, 0.1) is 13.8 Å². The van der Waals surface area contributed by atoms with Crippen LogP contribution >= 0.6 is 0 Å². The van der Waals surface area contributed by atoms with E-state index in [4.69, 9.17) is 9.47 Å². The Morgan fingerprint density at radius 1 is 1.24 bits per heavy atom. The van der Waals surface area contributed by atoms with Gasteiger partial charge in [-0.1, -0.05) is 18.2 Å². The molecular weight excluding hydrogens is 270 g/mol. The van der Waals surface area contributed by atoms with Crippen molar-refractivity contribution in [2.24, 2.45) is 0 Å². The maximum Gasteiger partial charge on any atom is 0.328 e. The van der Waals surface area contributed by atoms with Crippen LogP contribution in [-0.2, 0) is 19.1 Å². The monoisotopic (exact) mass is 293 g/mol. The highest BCUT2D eigenvalue weighted by Crippen LogP contribution is 2.27. The van der Waals surface area contributed by atoms with Crippen molar-refractivity contribution in [2.45, 2.75) is 33.7 Å². The highest BCUT2D eigenvalue weighted by molar-refractivity contribution is 6.01. The maximum absolute atomic E-state index is 12.4. The Morgan fingerprint density at radius 2 is 1.81 bits per heavy atom. The third-order valence-electron chi connectivity index (χ3n) is 3.23. The third-order valence-corrected chi connectivity index (χ3v) is 3.23. The summed E-state index contributed by atoms with van der Waals surface area (Å²) in [5.41, 5.74) is 2.59. The van der Waals surface area contributed by atoms with Gasteiger partial charge in [-0.25, -0.2) is 4.79 Å². The van der Waals surface area contributed by atoms with Crippen LogP contribution in [0.4, 0.5) is 5.69 Å². The first-order valence-corrected chi connectivity index (χ1v) is 6.97. The smallest absolute Gasteiger partial charge is 0.328 e. The average molecular weight is 293 g/mol. The number of para-hydroxylation sites is 1. The van der Waals surface area contributed by atoms with Gasteiger partial charge in [0.25, 0.3) is 5.91 Å². The molecule has 1 rings (SSSR count). The van der Waals surface area contributed by atoms with E-state index in [1.807, 2.05) is 32.0 Å². The van der Waals surface area contributed by atoms with E-state index in [2.05, 4.69) is 0 Å². The number of hydrogen-bond acceptors (Lipinski definition) is 4. The van der Waals surface area contributed by atoms with Gasteiger partial charge >= 0.3 is 5.97 Å². The highest BCUT2D eigenvalue weighted by atomic mass is 16.5. The molecule has 5 heteroatoms. The molecule has 116 valence electrons. The molecular formula is C16H23NO4. The summed E-state index contributed by atoms with van der Waals surface area (Å²) >= 11 is 0. The van der Waals surface area contributed by atoms with Gasteiger partial charge in [0.2, 0.25) is 0 Å². The predicted molar refractivity (Wildman–Crippen MR) is 81.4 cm³/mol. The summed E-state index contributed by atoms with van der Waals surface area (Å²) < 4.78 is 9.97. The van der Waals surface area contributed by atoms with Crippen LogP contribution in [0.1, 0.15) is 25.0 Å². The van der Waals surface area contributed by atoms with Crippen LogP contribution < -0.4 is 4.90 Å². The van der Waals surface area contributed by atoms with Crippen molar-refractivity contribution in [2.75, 3.05) is 25.2 Å². The van der Waals surface area contributed by atoms with E-state index in [1.54, 1.807) is 13.8 Å². The zero-order valence-corrected chi connectivity index (χ0v) is 13.3. The molecule has 0 aliphatic heterocycles. The number of methoxy groups -OCH3 is 1. The van der Waals surface area contributed by atoms with Gasteiger partial charge in [0, 0.05) is 7.11 Å². The van der Waals surface area contributed by atoms with Crippen LogP contribution in [0.25, 0.3) is 0 Å². The van der Waals surface area contributed by atoms with E-state index < -0.39 is 12.0 Å². The number of rotatable bonds is 6. The molecule has 0 unspecified atom stereocenters. The Morgan fingerprint density at radius 3 is 2.29 bits per heavy atom. The Bertz CT molecular complexity index is 493. The van der Waals surface area contributed by atoms with E-state index >= 15 is 0 Å². The average Bonchev–Trinajstić information content (AvgIpc) is 2.42. The number of aryl methyl sites for hydroxylation is 2. The molecule has 0 spiro atoms. The Labute approximate surface area is 125 Å². The second kappa shape index (κ2) is 7.78. The number of benzene rings is 1. The summed E-state index contributed by atoms with van der Waals surface area (Å²) in [5.74, 6) is -0.694. The van der Waals surface area contributed by atoms with Gasteiger partial charge in [-0.3, -0.25) is 9.69 Å². The number of ether oxygens (including phenoxy) is 2. The van der Waals surface area contributed by atoms with Gasteiger partial charge in [-0.05, 0) is 38.8 Å². The fourth-order valence-corrected chi connectivity index (χ4v) is 2.28. The number of nitrogens with zero attached hydrogens (tertiary/aromatic N) is 1. The number of amides is 1. The van der Waals surface area contributed by atoms with Gasteiger partial charge in [0.1, 0.15) is 12.6 Å². The van der Waals surface area contributed by atoms with Crippen molar-refractivity contribution in [3.63, 3.8) is 0 Å². The summed E-state index contributed by atoms with van der Waals surface area (Å²) in [4.78, 5) is 25.9. The van der Waals surface area contributed by atoms with E-state index in [9.17, 15) is 9.59 Å². The molecule has 21 heavy (non-hydrogen) atoms. The molecule has 0 saturated carbocycles. The zero-order chi connectivity index (χ0) is 16.0. The van der Waals surface area contributed by atoms with Crippen LogP contribution in [0.3, 0.4) is 0 Å². The first-order chi connectivity index (χ1) is 9.93. The molecule has 1 aromatic carbocycles. The molecule has 0 radical (unpaired) electrons. The van der Waals surface area contributed by atoms with Crippen molar-refractivity contribution in [3.8, 4) is 0 Å². The van der Waals surface area contributed by atoms with E-state index in [0.717, 1.165) is 16.8 Å². The lowest BCUT2D eigenvalue weighted by Crippen LogP contribution is -2.46. The van der Waals surface area contributed by atoms with E-state index in [1.165, 1.54) is 12.0 Å². The summed E-state index contributed by atoms with van der Waals surface area (Å²) in [6, 6.07) is 5.04. The molecule has 0 aromatic heterocycles. The van der Waals surface area contributed by atoms with Crippen molar-refractivity contribution in [1.82, 2.24) is 0 Å². The molecule has 0 fully saturated rings. The lowest BCUT2D eigenvalue weighted by molar-refractivity contribution is -0.145. The second-order valence-corrected chi connectivity index (χ2v) is 4.87. The number of anilines is 1. The van der Waals surface area contributed by atoms with Crippen LogP contribution in [0.5, 0.6) is 0 Å². The molecule has 1 atom stereocenters. The summed E-state index contributed by atoms with van der Waals surface area (Å²) in [6.45, 7) is 7.42. The van der Waals surface area contributed by atoms with Gasteiger partial charge in [-0.15, -0.1) is 0 Å². The molecule has 0 heterocycles. The summed E-state index contributed by atoms with van der Waals surface area (Å²) in [5, 5.41) is 0. The first-order valence-electron chi connectivity index (χ1n) is 6.97. The van der Waals surface area contributed by atoms with Crippen molar-refractivity contribution >= 4 is 17.6 Å². The minimum absolute atomic E-state index is 0.0858. The largest absolute Gasteiger partial charge is 0.464 e. The Kier molecular flexibility index (Phi) is 6.37. The zero-order valence-electron chi connectivity index (χ0n) is 13.3. The van der Waals surface area contributed by atoms with Gasteiger partial charge < -0.3 is 9.47 Å². The quantitative estimate of drug-likeness (QED) is 0.755. The molecule has 1 aromatic rings. The molecule has 1 amide bonds. The normalized spacial score (nSPS) is 11.9.